The number of fused-ring (bicyclic) bond motifs is 1. The third-order valence-electron chi connectivity index (χ3n) is 5.57. The van der Waals surface area contributed by atoms with Gasteiger partial charge in [-0.2, -0.15) is 0 Å². The summed E-state index contributed by atoms with van der Waals surface area (Å²) in [6.45, 7) is 1.37. The Morgan fingerprint density at radius 1 is 0.833 bits per heavy atom. The first-order chi connectivity index (χ1) is 17.3. The molecule has 0 saturated carbocycles. The van der Waals surface area contributed by atoms with Gasteiger partial charge >= 0.3 is 0 Å². The Morgan fingerprint density at radius 2 is 1.53 bits per heavy atom. The lowest BCUT2D eigenvalue weighted by Gasteiger charge is -2.12. The zero-order valence-electron chi connectivity index (χ0n) is 18.8. The van der Waals surface area contributed by atoms with E-state index in [2.05, 4.69) is 5.32 Å². The zero-order valence-corrected chi connectivity index (χ0v) is 21.1. The highest BCUT2D eigenvalue weighted by atomic mass is 35.5. The Bertz CT molecular complexity index is 1630. The molecule has 0 aliphatic rings. The average molecular weight is 536 g/mol. The number of carbonyl (C=O) groups is 2. The number of nitrogens with zero attached hydrogens (tertiary/aromatic N) is 1. The second kappa shape index (κ2) is 9.78. The van der Waals surface area contributed by atoms with Crippen LogP contribution in [0.3, 0.4) is 0 Å². The van der Waals surface area contributed by atoms with Crippen LogP contribution in [-0.4, -0.2) is 16.7 Å². The molecule has 0 radical (unpaired) electrons. The van der Waals surface area contributed by atoms with Crippen LogP contribution in [0.15, 0.2) is 83.3 Å². The maximum absolute atomic E-state index is 13.3. The van der Waals surface area contributed by atoms with Crippen LogP contribution in [0, 0.1) is 0 Å². The molecule has 178 valence electrons. The van der Waals surface area contributed by atoms with Crippen molar-refractivity contribution in [3.63, 3.8) is 0 Å². The quantitative estimate of drug-likeness (QED) is 0.230. The van der Waals surface area contributed by atoms with Gasteiger partial charge in [-0.25, -0.2) is 4.98 Å². The van der Waals surface area contributed by atoms with Gasteiger partial charge in [0.1, 0.15) is 5.69 Å². The van der Waals surface area contributed by atoms with E-state index in [4.69, 9.17) is 44.2 Å². The Morgan fingerprint density at radius 3 is 2.19 bits per heavy atom. The molecule has 0 spiro atoms. The maximum atomic E-state index is 13.3. The Labute approximate surface area is 221 Å². The summed E-state index contributed by atoms with van der Waals surface area (Å²) in [5.74, 6) is -0.741. The molecule has 0 fully saturated rings. The molecule has 0 aliphatic carbocycles. The fourth-order valence-corrected chi connectivity index (χ4v) is 4.56. The van der Waals surface area contributed by atoms with Gasteiger partial charge in [-0.1, -0.05) is 77.3 Å². The molecular formula is C28H17Cl3N2O3. The average Bonchev–Trinajstić information content (AvgIpc) is 3.20. The van der Waals surface area contributed by atoms with Gasteiger partial charge < -0.3 is 9.73 Å². The first-order valence-corrected chi connectivity index (χ1v) is 12.0. The molecule has 1 N–H and O–H groups in total. The monoisotopic (exact) mass is 534 g/mol. The van der Waals surface area contributed by atoms with Crippen LogP contribution in [0.5, 0.6) is 0 Å². The van der Waals surface area contributed by atoms with Crippen LogP contribution < -0.4 is 5.32 Å². The number of furan rings is 1. The number of ketones is 1. The van der Waals surface area contributed by atoms with Crippen molar-refractivity contribution >= 4 is 63.3 Å². The number of halogens is 3. The van der Waals surface area contributed by atoms with Gasteiger partial charge in [-0.05, 0) is 42.0 Å². The highest BCUT2D eigenvalue weighted by Crippen LogP contribution is 2.41. The van der Waals surface area contributed by atoms with Crippen molar-refractivity contribution in [2.24, 2.45) is 0 Å². The fraction of sp³-hybridized carbons (Fsp3) is 0.0357. The normalized spacial score (nSPS) is 11.0. The third-order valence-corrected chi connectivity index (χ3v) is 6.37. The van der Waals surface area contributed by atoms with Crippen molar-refractivity contribution in [2.75, 3.05) is 5.32 Å². The molecule has 2 heterocycles. The number of hydrogen-bond donors (Lipinski definition) is 1. The zero-order chi connectivity index (χ0) is 25.4. The first-order valence-electron chi connectivity index (χ1n) is 10.9. The minimum atomic E-state index is -0.378. The molecule has 0 aliphatic heterocycles. The standard InChI is InChI=1S/C28H17Cl3N2O3/c1-15(34)32-25-22-14-21(16-7-9-18(29)10-8-16)24(20-12-11-19(30)13-23(20)31)33-28(22)36-27(25)26(35)17-5-3-2-4-6-17/h2-14H,1H3,(H,32,34). The summed E-state index contributed by atoms with van der Waals surface area (Å²) in [5.41, 5.74) is 3.51. The second-order valence-corrected chi connectivity index (χ2v) is 9.33. The molecule has 5 aromatic rings. The second-order valence-electron chi connectivity index (χ2n) is 8.05. The highest BCUT2D eigenvalue weighted by Gasteiger charge is 2.26. The highest BCUT2D eigenvalue weighted by molar-refractivity contribution is 6.36. The number of pyridine rings is 1. The van der Waals surface area contributed by atoms with E-state index < -0.39 is 0 Å². The molecule has 36 heavy (non-hydrogen) atoms. The van der Waals surface area contributed by atoms with Gasteiger partial charge in [0.15, 0.2) is 0 Å². The van der Waals surface area contributed by atoms with E-state index in [-0.39, 0.29) is 28.9 Å². The van der Waals surface area contributed by atoms with Crippen molar-refractivity contribution in [1.82, 2.24) is 4.98 Å². The fourth-order valence-electron chi connectivity index (χ4n) is 3.94. The number of hydrogen-bond acceptors (Lipinski definition) is 4. The van der Waals surface area contributed by atoms with E-state index in [1.807, 2.05) is 24.3 Å². The topological polar surface area (TPSA) is 72.2 Å². The number of aromatic nitrogens is 1. The third kappa shape index (κ3) is 4.61. The molecule has 2 aromatic heterocycles. The molecule has 0 unspecified atom stereocenters. The molecule has 1 amide bonds. The van der Waals surface area contributed by atoms with E-state index in [1.54, 1.807) is 54.6 Å². The number of rotatable bonds is 5. The van der Waals surface area contributed by atoms with Gasteiger partial charge in [-0.15, -0.1) is 0 Å². The smallest absolute Gasteiger partial charge is 0.230 e. The largest absolute Gasteiger partial charge is 0.432 e. The van der Waals surface area contributed by atoms with Crippen molar-refractivity contribution in [2.45, 2.75) is 6.92 Å². The van der Waals surface area contributed by atoms with Crippen LogP contribution in [-0.2, 0) is 4.79 Å². The summed E-state index contributed by atoms with van der Waals surface area (Å²) in [6, 6.07) is 22.9. The van der Waals surface area contributed by atoms with Crippen molar-refractivity contribution in [3.8, 4) is 22.4 Å². The first kappa shape index (κ1) is 24.1. The number of amides is 1. The maximum Gasteiger partial charge on any atom is 0.230 e. The van der Waals surface area contributed by atoms with Crippen LogP contribution in [0.25, 0.3) is 33.5 Å². The lowest BCUT2D eigenvalue weighted by molar-refractivity contribution is -0.114. The summed E-state index contributed by atoms with van der Waals surface area (Å²) in [7, 11) is 0. The van der Waals surface area contributed by atoms with Gasteiger partial charge in [0.2, 0.25) is 23.2 Å². The molecule has 3 aromatic carbocycles. The Kier molecular flexibility index (Phi) is 6.54. The Balaban J connectivity index is 1.81. The number of benzene rings is 3. The predicted octanol–water partition coefficient (Wildman–Crippen LogP) is 8.31. The summed E-state index contributed by atoms with van der Waals surface area (Å²) < 4.78 is 5.99. The van der Waals surface area contributed by atoms with Gasteiger partial charge in [0.05, 0.1) is 16.1 Å². The number of carbonyl (C=O) groups excluding carboxylic acids is 2. The number of anilines is 1. The predicted molar refractivity (Wildman–Crippen MR) is 144 cm³/mol. The number of nitrogens with one attached hydrogen (secondary N) is 1. The van der Waals surface area contributed by atoms with Crippen LogP contribution in [0.4, 0.5) is 5.69 Å². The lowest BCUT2D eigenvalue weighted by Crippen LogP contribution is -2.10. The van der Waals surface area contributed by atoms with Crippen LogP contribution in [0.2, 0.25) is 15.1 Å². The van der Waals surface area contributed by atoms with Crippen LogP contribution >= 0.6 is 34.8 Å². The summed E-state index contributed by atoms with van der Waals surface area (Å²) in [4.78, 5) is 30.2. The molecule has 8 heteroatoms. The minimum Gasteiger partial charge on any atom is -0.432 e. The minimum absolute atomic E-state index is 0.0136. The summed E-state index contributed by atoms with van der Waals surface area (Å²) in [6.07, 6.45) is 0. The van der Waals surface area contributed by atoms with Crippen molar-refractivity contribution in [3.05, 3.63) is 105 Å². The lowest BCUT2D eigenvalue weighted by atomic mass is 9.98. The molecule has 0 bridgehead atoms. The molecule has 5 nitrogen and oxygen atoms in total. The van der Waals surface area contributed by atoms with Gasteiger partial charge in [-0.3, -0.25) is 9.59 Å². The van der Waals surface area contributed by atoms with Gasteiger partial charge in [0.25, 0.3) is 0 Å². The van der Waals surface area contributed by atoms with E-state index in [1.165, 1.54) is 6.92 Å². The summed E-state index contributed by atoms with van der Waals surface area (Å²) in [5, 5.41) is 4.70. The van der Waals surface area contributed by atoms with E-state index in [0.717, 1.165) is 5.56 Å². The molecular weight excluding hydrogens is 519 g/mol. The van der Waals surface area contributed by atoms with E-state index >= 15 is 0 Å². The van der Waals surface area contributed by atoms with Gasteiger partial charge in [0, 0.05) is 33.7 Å². The molecule has 5 rings (SSSR count). The van der Waals surface area contributed by atoms with Crippen molar-refractivity contribution < 1.29 is 14.0 Å². The Hall–Kier alpha value is -3.64. The molecule has 0 atom stereocenters. The SMILES string of the molecule is CC(=O)Nc1c(C(=O)c2ccccc2)oc2nc(-c3ccc(Cl)cc3Cl)c(-c3ccc(Cl)cc3)cc12. The summed E-state index contributed by atoms with van der Waals surface area (Å²) >= 11 is 18.8. The molecule has 0 saturated heterocycles. The van der Waals surface area contributed by atoms with Crippen molar-refractivity contribution in [1.29, 1.82) is 0 Å². The van der Waals surface area contributed by atoms with E-state index in [9.17, 15) is 9.59 Å². The van der Waals surface area contributed by atoms with Crippen LogP contribution in [0.1, 0.15) is 23.0 Å². The van der Waals surface area contributed by atoms with E-state index in [0.29, 0.717) is 42.8 Å².